The van der Waals surface area contributed by atoms with E-state index in [-0.39, 0.29) is 16.7 Å². The quantitative estimate of drug-likeness (QED) is 0.900. The zero-order valence-corrected chi connectivity index (χ0v) is 10.7. The Hall–Kier alpha value is -1.22. The minimum Gasteiger partial charge on any atom is -0.506 e. The van der Waals surface area contributed by atoms with Crippen molar-refractivity contribution in [1.82, 2.24) is 4.90 Å². The first-order valence-corrected chi connectivity index (χ1v) is 6.11. The van der Waals surface area contributed by atoms with Crippen molar-refractivity contribution in [1.29, 1.82) is 0 Å². The molecule has 2 atom stereocenters. The number of nitrogens with zero attached hydrogens (tertiary/aromatic N) is 1. The van der Waals surface area contributed by atoms with Crippen molar-refractivity contribution >= 4 is 17.5 Å². The fraction of sp³-hybridized carbons (Fsp3) is 0.462. The number of benzene rings is 1. The van der Waals surface area contributed by atoms with Crippen molar-refractivity contribution in [2.75, 3.05) is 13.6 Å². The molecule has 1 aromatic carbocycles. The van der Waals surface area contributed by atoms with Gasteiger partial charge in [-0.2, -0.15) is 0 Å². The fourth-order valence-corrected chi connectivity index (χ4v) is 2.13. The van der Waals surface area contributed by atoms with Gasteiger partial charge < -0.3 is 10.0 Å². The topological polar surface area (TPSA) is 40.5 Å². The minimum absolute atomic E-state index is 0.00156. The van der Waals surface area contributed by atoms with Crippen LogP contribution in [0, 0.1) is 11.8 Å². The summed E-state index contributed by atoms with van der Waals surface area (Å²) in [5, 5.41) is 9.51. The smallest absolute Gasteiger partial charge is 0.253 e. The van der Waals surface area contributed by atoms with Crippen LogP contribution in [0.1, 0.15) is 23.7 Å². The number of hydrogen-bond donors (Lipinski definition) is 1. The maximum Gasteiger partial charge on any atom is 0.253 e. The Kier molecular flexibility index (Phi) is 3.29. The molecule has 2 rings (SSSR count). The van der Waals surface area contributed by atoms with E-state index in [0.717, 1.165) is 12.5 Å². The summed E-state index contributed by atoms with van der Waals surface area (Å²) in [6.07, 6.45) is 1.20. The Bertz CT molecular complexity index is 447. The Balaban J connectivity index is 2.05. The number of rotatable bonds is 3. The molecule has 0 bridgehead atoms. The first kappa shape index (κ1) is 12.2. The van der Waals surface area contributed by atoms with Gasteiger partial charge in [-0.3, -0.25) is 4.79 Å². The maximum atomic E-state index is 12.1. The molecule has 0 radical (unpaired) electrons. The molecule has 0 spiro atoms. The van der Waals surface area contributed by atoms with E-state index >= 15 is 0 Å². The van der Waals surface area contributed by atoms with Gasteiger partial charge in [-0.25, -0.2) is 0 Å². The summed E-state index contributed by atoms with van der Waals surface area (Å²) in [6, 6.07) is 4.55. The molecule has 1 aromatic rings. The molecule has 0 aromatic heterocycles. The Morgan fingerprint density at radius 2 is 2.24 bits per heavy atom. The molecule has 1 aliphatic rings. The lowest BCUT2D eigenvalue weighted by molar-refractivity contribution is 0.0787. The zero-order valence-electron chi connectivity index (χ0n) is 9.98. The van der Waals surface area contributed by atoms with Crippen LogP contribution in [-0.4, -0.2) is 29.5 Å². The van der Waals surface area contributed by atoms with Gasteiger partial charge in [0.15, 0.2) is 0 Å². The number of aromatic hydroxyl groups is 1. The lowest BCUT2D eigenvalue weighted by atomic mass is 10.2. The normalized spacial score (nSPS) is 22.3. The van der Waals surface area contributed by atoms with Gasteiger partial charge in [0, 0.05) is 19.2 Å². The van der Waals surface area contributed by atoms with Crippen molar-refractivity contribution < 1.29 is 9.90 Å². The first-order valence-electron chi connectivity index (χ1n) is 5.73. The van der Waals surface area contributed by atoms with Crippen molar-refractivity contribution in [3.63, 3.8) is 0 Å². The molecule has 1 saturated carbocycles. The predicted octanol–water partition coefficient (Wildman–Crippen LogP) is 2.77. The second kappa shape index (κ2) is 4.57. The molecular weight excluding hydrogens is 238 g/mol. The predicted molar refractivity (Wildman–Crippen MR) is 67.3 cm³/mol. The van der Waals surface area contributed by atoms with E-state index in [0.29, 0.717) is 11.5 Å². The number of carbonyl (C=O) groups is 1. The molecule has 17 heavy (non-hydrogen) atoms. The van der Waals surface area contributed by atoms with Crippen LogP contribution >= 0.6 is 11.6 Å². The van der Waals surface area contributed by atoms with Crippen LogP contribution in [0.3, 0.4) is 0 Å². The molecule has 1 N–H and O–H groups in total. The standard InChI is InChI=1S/C13H16ClNO2/c1-8-5-10(8)7-15(2)13(17)9-3-4-12(16)11(14)6-9/h3-4,6,8,10,16H,5,7H2,1-2H3. The van der Waals surface area contributed by atoms with E-state index in [9.17, 15) is 9.90 Å². The fourth-order valence-electron chi connectivity index (χ4n) is 1.95. The third-order valence-corrected chi connectivity index (χ3v) is 3.63. The number of phenols is 1. The first-order chi connectivity index (χ1) is 7.99. The molecule has 3 nitrogen and oxygen atoms in total. The van der Waals surface area contributed by atoms with Gasteiger partial charge in [0.1, 0.15) is 5.75 Å². The number of hydrogen-bond acceptors (Lipinski definition) is 2. The van der Waals surface area contributed by atoms with Gasteiger partial charge in [-0.15, -0.1) is 0 Å². The minimum atomic E-state index is -0.0500. The summed E-state index contributed by atoms with van der Waals surface area (Å²) in [7, 11) is 1.80. The highest BCUT2D eigenvalue weighted by atomic mass is 35.5. The van der Waals surface area contributed by atoms with Gasteiger partial charge in [-0.05, 0) is 36.5 Å². The van der Waals surface area contributed by atoms with Crippen LogP contribution in [0.4, 0.5) is 0 Å². The molecular formula is C13H16ClNO2. The molecule has 1 aliphatic carbocycles. The van der Waals surface area contributed by atoms with Gasteiger partial charge in [0.2, 0.25) is 0 Å². The second-order valence-corrected chi connectivity index (χ2v) is 5.23. The van der Waals surface area contributed by atoms with Crippen molar-refractivity contribution in [2.45, 2.75) is 13.3 Å². The number of carbonyl (C=O) groups excluding carboxylic acids is 1. The van der Waals surface area contributed by atoms with Crippen LogP contribution in [0.15, 0.2) is 18.2 Å². The van der Waals surface area contributed by atoms with E-state index in [1.807, 2.05) is 0 Å². The number of amides is 1. The molecule has 4 heteroatoms. The zero-order chi connectivity index (χ0) is 12.6. The van der Waals surface area contributed by atoms with Crippen LogP contribution in [0.25, 0.3) is 0 Å². The van der Waals surface area contributed by atoms with E-state index in [1.165, 1.54) is 18.6 Å². The van der Waals surface area contributed by atoms with E-state index < -0.39 is 0 Å². The van der Waals surface area contributed by atoms with Crippen molar-refractivity contribution in [2.24, 2.45) is 11.8 Å². The highest BCUT2D eigenvalue weighted by Gasteiger charge is 2.34. The number of halogens is 1. The molecule has 92 valence electrons. The Morgan fingerprint density at radius 3 is 2.76 bits per heavy atom. The van der Waals surface area contributed by atoms with Crippen LogP contribution in [0.2, 0.25) is 5.02 Å². The molecule has 0 heterocycles. The lowest BCUT2D eigenvalue weighted by Gasteiger charge is -2.17. The van der Waals surface area contributed by atoms with Crippen LogP contribution in [0.5, 0.6) is 5.75 Å². The third kappa shape index (κ3) is 2.72. The summed E-state index contributed by atoms with van der Waals surface area (Å²) in [5.41, 5.74) is 0.517. The number of phenolic OH excluding ortho intramolecular Hbond substituents is 1. The Morgan fingerprint density at radius 1 is 1.59 bits per heavy atom. The Labute approximate surface area is 106 Å². The van der Waals surface area contributed by atoms with Gasteiger partial charge in [-0.1, -0.05) is 18.5 Å². The average molecular weight is 254 g/mol. The summed E-state index contributed by atoms with van der Waals surface area (Å²) < 4.78 is 0. The SMILES string of the molecule is CC1CC1CN(C)C(=O)c1ccc(O)c(Cl)c1. The third-order valence-electron chi connectivity index (χ3n) is 3.33. The summed E-state index contributed by atoms with van der Waals surface area (Å²) >= 11 is 5.78. The van der Waals surface area contributed by atoms with Crippen molar-refractivity contribution in [3.8, 4) is 5.75 Å². The average Bonchev–Trinajstić information content (AvgIpc) is 2.97. The lowest BCUT2D eigenvalue weighted by Crippen LogP contribution is -2.29. The summed E-state index contributed by atoms with van der Waals surface area (Å²) in [4.78, 5) is 13.8. The molecule has 1 amide bonds. The highest BCUT2D eigenvalue weighted by molar-refractivity contribution is 6.32. The van der Waals surface area contributed by atoms with Crippen LogP contribution in [-0.2, 0) is 0 Å². The van der Waals surface area contributed by atoms with Gasteiger partial charge in [0.25, 0.3) is 5.91 Å². The van der Waals surface area contributed by atoms with Gasteiger partial charge >= 0.3 is 0 Å². The van der Waals surface area contributed by atoms with E-state index in [1.54, 1.807) is 18.0 Å². The summed E-state index contributed by atoms with van der Waals surface area (Å²) in [5.74, 6) is 1.32. The van der Waals surface area contributed by atoms with Crippen LogP contribution < -0.4 is 0 Å². The molecule has 1 fully saturated rings. The maximum absolute atomic E-state index is 12.1. The van der Waals surface area contributed by atoms with E-state index in [2.05, 4.69) is 6.92 Å². The van der Waals surface area contributed by atoms with E-state index in [4.69, 9.17) is 11.6 Å². The second-order valence-electron chi connectivity index (χ2n) is 4.82. The molecule has 0 aliphatic heterocycles. The molecule has 0 saturated heterocycles. The monoisotopic (exact) mass is 253 g/mol. The van der Waals surface area contributed by atoms with Crippen molar-refractivity contribution in [3.05, 3.63) is 28.8 Å². The summed E-state index contributed by atoms with van der Waals surface area (Å²) in [6.45, 7) is 2.99. The highest BCUT2D eigenvalue weighted by Crippen LogP contribution is 2.38. The van der Waals surface area contributed by atoms with Gasteiger partial charge in [0.05, 0.1) is 5.02 Å². The molecule has 2 unspecified atom stereocenters. The largest absolute Gasteiger partial charge is 0.506 e.